The molecule has 4 nitrogen and oxygen atoms in total. The van der Waals surface area contributed by atoms with Crippen LogP contribution >= 0.6 is 0 Å². The molecule has 0 spiro atoms. The highest BCUT2D eigenvalue weighted by atomic mass is 16.5. The topological polar surface area (TPSA) is 56.5 Å². The van der Waals surface area contributed by atoms with E-state index in [4.69, 9.17) is 15.3 Å². The molecule has 2 rings (SSSR count). The van der Waals surface area contributed by atoms with Crippen LogP contribution in [0.25, 0.3) is 0 Å². The van der Waals surface area contributed by atoms with Crippen LogP contribution in [0.1, 0.15) is 22.7 Å². The van der Waals surface area contributed by atoms with Gasteiger partial charge in [0, 0.05) is 0 Å². The Morgan fingerprint density at radius 3 is 2.38 bits per heavy atom. The quantitative estimate of drug-likeness (QED) is 0.633. The van der Waals surface area contributed by atoms with Gasteiger partial charge in [0.1, 0.15) is 11.5 Å². The minimum absolute atomic E-state index is 0.0445. The fraction of sp³-hybridized carbons (Fsp3) is 0.294. The number of aryl methyl sites for hydroxylation is 1. The normalized spacial score (nSPS) is 12.0. The van der Waals surface area contributed by atoms with Gasteiger partial charge in [0.25, 0.3) is 0 Å². The molecule has 0 saturated heterocycles. The van der Waals surface area contributed by atoms with E-state index in [0.29, 0.717) is 0 Å². The van der Waals surface area contributed by atoms with Crippen LogP contribution in [0.5, 0.6) is 11.5 Å². The van der Waals surface area contributed by atoms with E-state index in [0.717, 1.165) is 23.5 Å². The number of nitrogens with one attached hydrogen (secondary N) is 1. The molecular weight excluding hydrogens is 264 g/mol. The molecule has 0 amide bonds. The Balaban J connectivity index is 2.23. The molecule has 0 bridgehead atoms. The van der Waals surface area contributed by atoms with Gasteiger partial charge in [-0.1, -0.05) is 18.2 Å². The smallest absolute Gasteiger partial charge is 0.119 e. The zero-order chi connectivity index (χ0) is 15.2. The molecule has 0 heterocycles. The van der Waals surface area contributed by atoms with E-state index >= 15 is 0 Å². The number of methoxy groups -OCH3 is 2. The Labute approximate surface area is 125 Å². The summed E-state index contributed by atoms with van der Waals surface area (Å²) in [6, 6.07) is 14.1. The van der Waals surface area contributed by atoms with E-state index in [1.54, 1.807) is 14.2 Å². The highest BCUT2D eigenvalue weighted by Gasteiger charge is 2.14. The second kappa shape index (κ2) is 7.11. The summed E-state index contributed by atoms with van der Waals surface area (Å²) >= 11 is 0. The molecule has 0 fully saturated rings. The molecule has 2 aromatic rings. The van der Waals surface area contributed by atoms with E-state index in [1.165, 1.54) is 11.1 Å². The molecule has 0 radical (unpaired) electrons. The van der Waals surface area contributed by atoms with Gasteiger partial charge in [-0.2, -0.15) is 0 Å². The van der Waals surface area contributed by atoms with Crippen molar-refractivity contribution < 1.29 is 9.47 Å². The number of hydrogen-bond acceptors (Lipinski definition) is 4. The van der Waals surface area contributed by atoms with Gasteiger partial charge in [-0.05, 0) is 54.3 Å². The van der Waals surface area contributed by atoms with Crippen molar-refractivity contribution in [2.24, 2.45) is 5.84 Å². The highest BCUT2D eigenvalue weighted by molar-refractivity contribution is 5.38. The maximum absolute atomic E-state index is 5.75. The van der Waals surface area contributed by atoms with Crippen molar-refractivity contribution in [1.82, 2.24) is 5.43 Å². The SMILES string of the molecule is COc1cccc(CC(NN)c2ccc(OC)cc2C)c1. The molecule has 1 atom stereocenters. The second-order valence-electron chi connectivity index (χ2n) is 5.00. The summed E-state index contributed by atoms with van der Waals surface area (Å²) in [6.45, 7) is 2.06. The summed E-state index contributed by atoms with van der Waals surface area (Å²) in [5, 5.41) is 0. The largest absolute Gasteiger partial charge is 0.497 e. The van der Waals surface area contributed by atoms with Crippen molar-refractivity contribution >= 4 is 0 Å². The zero-order valence-electron chi connectivity index (χ0n) is 12.7. The van der Waals surface area contributed by atoms with E-state index < -0.39 is 0 Å². The predicted molar refractivity (Wildman–Crippen MR) is 84.5 cm³/mol. The third-order valence-electron chi connectivity index (χ3n) is 3.63. The van der Waals surface area contributed by atoms with Crippen LogP contribution < -0.4 is 20.7 Å². The van der Waals surface area contributed by atoms with Crippen LogP contribution in [0.2, 0.25) is 0 Å². The van der Waals surface area contributed by atoms with Crippen LogP contribution in [0, 0.1) is 6.92 Å². The average molecular weight is 286 g/mol. The van der Waals surface area contributed by atoms with Gasteiger partial charge in [0.15, 0.2) is 0 Å². The van der Waals surface area contributed by atoms with Gasteiger partial charge >= 0.3 is 0 Å². The van der Waals surface area contributed by atoms with Gasteiger partial charge in [-0.25, -0.2) is 0 Å². The lowest BCUT2D eigenvalue weighted by Crippen LogP contribution is -2.30. The van der Waals surface area contributed by atoms with Crippen molar-refractivity contribution in [3.8, 4) is 11.5 Å². The number of hydrogen-bond donors (Lipinski definition) is 2. The lowest BCUT2D eigenvalue weighted by atomic mass is 9.95. The Hall–Kier alpha value is -2.04. The molecule has 1 unspecified atom stereocenters. The summed E-state index contributed by atoms with van der Waals surface area (Å²) in [7, 11) is 3.34. The Kier molecular flexibility index (Phi) is 5.20. The monoisotopic (exact) mass is 286 g/mol. The first-order chi connectivity index (χ1) is 10.2. The maximum atomic E-state index is 5.75. The minimum atomic E-state index is 0.0445. The van der Waals surface area contributed by atoms with E-state index in [9.17, 15) is 0 Å². The van der Waals surface area contributed by atoms with Crippen LogP contribution in [0.15, 0.2) is 42.5 Å². The molecule has 0 aliphatic heterocycles. The summed E-state index contributed by atoms with van der Waals surface area (Å²) in [5.74, 6) is 7.46. The van der Waals surface area contributed by atoms with Gasteiger partial charge in [-0.3, -0.25) is 11.3 Å². The standard InChI is InChI=1S/C17H22N2O2/c1-12-9-15(21-3)7-8-16(12)17(19-18)11-13-5-4-6-14(10-13)20-2/h4-10,17,19H,11,18H2,1-3H3. The number of benzene rings is 2. The second-order valence-corrected chi connectivity index (χ2v) is 5.00. The lowest BCUT2D eigenvalue weighted by Gasteiger charge is -2.19. The molecule has 0 aromatic heterocycles. The minimum Gasteiger partial charge on any atom is -0.497 e. The van der Waals surface area contributed by atoms with Crippen molar-refractivity contribution in [2.75, 3.05) is 14.2 Å². The third kappa shape index (κ3) is 3.74. The number of hydrazine groups is 1. The molecule has 0 saturated carbocycles. The predicted octanol–water partition coefficient (Wildman–Crippen LogP) is 2.76. The molecule has 21 heavy (non-hydrogen) atoms. The van der Waals surface area contributed by atoms with Crippen LogP contribution in [-0.4, -0.2) is 14.2 Å². The fourth-order valence-corrected chi connectivity index (χ4v) is 2.46. The summed E-state index contributed by atoms with van der Waals surface area (Å²) in [5.41, 5.74) is 6.40. The third-order valence-corrected chi connectivity index (χ3v) is 3.63. The van der Waals surface area contributed by atoms with Crippen molar-refractivity contribution in [1.29, 1.82) is 0 Å². The first-order valence-electron chi connectivity index (χ1n) is 6.91. The Morgan fingerprint density at radius 2 is 1.76 bits per heavy atom. The average Bonchev–Trinajstić information content (AvgIpc) is 2.53. The molecule has 0 aliphatic rings. The molecule has 4 heteroatoms. The molecule has 2 aromatic carbocycles. The fourth-order valence-electron chi connectivity index (χ4n) is 2.46. The number of nitrogens with two attached hydrogens (primary N) is 1. The summed E-state index contributed by atoms with van der Waals surface area (Å²) in [4.78, 5) is 0. The Bertz CT molecular complexity index is 599. The van der Waals surface area contributed by atoms with Crippen molar-refractivity contribution in [2.45, 2.75) is 19.4 Å². The number of rotatable bonds is 6. The summed E-state index contributed by atoms with van der Waals surface area (Å²) in [6.07, 6.45) is 0.793. The maximum Gasteiger partial charge on any atom is 0.119 e. The molecule has 0 aliphatic carbocycles. The van der Waals surface area contributed by atoms with Crippen molar-refractivity contribution in [3.05, 3.63) is 59.2 Å². The van der Waals surface area contributed by atoms with Gasteiger partial charge in [0.2, 0.25) is 0 Å². The number of ether oxygens (including phenoxy) is 2. The van der Waals surface area contributed by atoms with Crippen LogP contribution in [-0.2, 0) is 6.42 Å². The van der Waals surface area contributed by atoms with E-state index in [-0.39, 0.29) is 6.04 Å². The zero-order valence-corrected chi connectivity index (χ0v) is 12.7. The van der Waals surface area contributed by atoms with Gasteiger partial charge in [-0.15, -0.1) is 0 Å². The first-order valence-corrected chi connectivity index (χ1v) is 6.91. The lowest BCUT2D eigenvalue weighted by molar-refractivity contribution is 0.413. The highest BCUT2D eigenvalue weighted by Crippen LogP contribution is 2.25. The molecular formula is C17H22N2O2. The van der Waals surface area contributed by atoms with Gasteiger partial charge in [0.05, 0.1) is 20.3 Å². The van der Waals surface area contributed by atoms with E-state index in [1.807, 2.05) is 30.3 Å². The summed E-state index contributed by atoms with van der Waals surface area (Å²) < 4.78 is 10.5. The van der Waals surface area contributed by atoms with E-state index in [2.05, 4.69) is 24.5 Å². The first kappa shape index (κ1) is 15.4. The Morgan fingerprint density at radius 1 is 1.05 bits per heavy atom. The molecule has 3 N–H and O–H groups in total. The van der Waals surface area contributed by atoms with Crippen LogP contribution in [0.3, 0.4) is 0 Å². The molecule has 112 valence electrons. The van der Waals surface area contributed by atoms with Crippen LogP contribution in [0.4, 0.5) is 0 Å². The van der Waals surface area contributed by atoms with Gasteiger partial charge < -0.3 is 9.47 Å². The van der Waals surface area contributed by atoms with Crippen molar-refractivity contribution in [3.63, 3.8) is 0 Å².